The van der Waals surface area contributed by atoms with Crippen LogP contribution in [0.15, 0.2) is 42.7 Å². The second-order valence-electron chi connectivity index (χ2n) is 7.69. The third kappa shape index (κ3) is 2.05. The van der Waals surface area contributed by atoms with Crippen molar-refractivity contribution in [1.82, 2.24) is 29.8 Å². The third-order valence-electron chi connectivity index (χ3n) is 6.20. The highest BCUT2D eigenvalue weighted by atomic mass is 16.1. The van der Waals surface area contributed by atoms with Crippen LogP contribution in [0.5, 0.6) is 0 Å². The van der Waals surface area contributed by atoms with Gasteiger partial charge in [0, 0.05) is 24.0 Å². The van der Waals surface area contributed by atoms with Crippen LogP contribution in [0.25, 0.3) is 17.0 Å². The molecule has 6 rings (SSSR count). The molecule has 0 spiro atoms. The van der Waals surface area contributed by atoms with Gasteiger partial charge in [0.05, 0.1) is 17.1 Å². The Balaban J connectivity index is 1.53. The molecule has 5 heterocycles. The fraction of sp³-hybridized carbons (Fsp3) is 0.300. The molecule has 2 fully saturated rings. The Labute approximate surface area is 161 Å². The maximum atomic E-state index is 11.6. The minimum absolute atomic E-state index is 0.142. The average molecular weight is 373 g/mol. The highest BCUT2D eigenvalue weighted by Crippen LogP contribution is 2.50. The van der Waals surface area contributed by atoms with Crippen molar-refractivity contribution in [2.45, 2.75) is 31.5 Å². The fourth-order valence-electron chi connectivity index (χ4n) is 5.05. The lowest BCUT2D eigenvalue weighted by molar-refractivity contribution is 0.0989. The van der Waals surface area contributed by atoms with Crippen molar-refractivity contribution < 1.29 is 4.79 Å². The van der Waals surface area contributed by atoms with Crippen molar-refractivity contribution in [3.05, 3.63) is 59.8 Å². The molecule has 0 aromatic carbocycles. The minimum atomic E-state index is -0.590. The summed E-state index contributed by atoms with van der Waals surface area (Å²) in [5.74, 6) is 0.218. The van der Waals surface area contributed by atoms with Crippen LogP contribution >= 0.6 is 0 Å². The number of hydrogen-bond acceptors (Lipinski definition) is 6. The third-order valence-corrected chi connectivity index (χ3v) is 6.20. The standard InChI is InChI=1S/C20H19N7O/c21-18(28)20-25-24-15-10-11(6-8-26(15)20)17-16(14-3-1-2-7-22-14)23-19-12-4-5-13(9-12)27(17)19/h1-3,6-8,10,12-13,19,23H,4-5,9H2,(H2,21,28). The Bertz CT molecular complexity index is 1140. The van der Waals surface area contributed by atoms with Crippen LogP contribution in [-0.4, -0.2) is 42.6 Å². The Morgan fingerprint density at radius 1 is 1.21 bits per heavy atom. The van der Waals surface area contributed by atoms with E-state index in [1.54, 1.807) is 4.40 Å². The normalized spacial score (nSPS) is 25.4. The molecule has 1 saturated carbocycles. The lowest BCUT2D eigenvalue weighted by atomic mass is 10.1. The first kappa shape index (κ1) is 15.6. The maximum absolute atomic E-state index is 11.6. The van der Waals surface area contributed by atoms with E-state index in [1.165, 1.54) is 19.3 Å². The summed E-state index contributed by atoms with van der Waals surface area (Å²) in [5, 5.41) is 11.8. The molecular weight excluding hydrogens is 354 g/mol. The molecule has 0 radical (unpaired) electrons. The second-order valence-corrected chi connectivity index (χ2v) is 7.69. The van der Waals surface area contributed by atoms with E-state index in [-0.39, 0.29) is 5.82 Å². The lowest BCUT2D eigenvalue weighted by Crippen LogP contribution is -2.41. The molecule has 1 amide bonds. The molecule has 140 valence electrons. The predicted molar refractivity (Wildman–Crippen MR) is 102 cm³/mol. The summed E-state index contributed by atoms with van der Waals surface area (Å²) < 4.78 is 1.63. The number of nitrogens with two attached hydrogens (primary N) is 1. The average Bonchev–Trinajstić information content (AvgIpc) is 3.47. The van der Waals surface area contributed by atoms with Crippen LogP contribution < -0.4 is 11.1 Å². The van der Waals surface area contributed by atoms with E-state index in [0.717, 1.165) is 22.7 Å². The van der Waals surface area contributed by atoms with Crippen LogP contribution in [0.3, 0.4) is 0 Å². The number of fused-ring (bicyclic) bond motifs is 6. The zero-order chi connectivity index (χ0) is 18.8. The smallest absolute Gasteiger partial charge is 0.287 e. The van der Waals surface area contributed by atoms with Crippen molar-refractivity contribution in [3.8, 4) is 0 Å². The molecule has 3 aliphatic rings. The summed E-state index contributed by atoms with van der Waals surface area (Å²) >= 11 is 0. The molecule has 3 atom stereocenters. The van der Waals surface area contributed by atoms with Crippen LogP contribution in [0.1, 0.15) is 41.1 Å². The van der Waals surface area contributed by atoms with Crippen molar-refractivity contribution >= 4 is 22.9 Å². The molecule has 1 aliphatic carbocycles. The molecule has 3 N–H and O–H groups in total. The van der Waals surface area contributed by atoms with E-state index in [0.29, 0.717) is 23.8 Å². The number of amides is 1. The number of aromatic nitrogens is 4. The van der Waals surface area contributed by atoms with Crippen LogP contribution in [0, 0.1) is 5.92 Å². The van der Waals surface area contributed by atoms with Crippen molar-refractivity contribution in [2.75, 3.05) is 0 Å². The zero-order valence-electron chi connectivity index (χ0n) is 15.1. The molecule has 3 aromatic heterocycles. The Morgan fingerprint density at radius 2 is 2.14 bits per heavy atom. The van der Waals surface area contributed by atoms with Gasteiger partial charge in [-0.2, -0.15) is 0 Å². The molecule has 2 aliphatic heterocycles. The van der Waals surface area contributed by atoms with Crippen molar-refractivity contribution in [2.24, 2.45) is 11.7 Å². The van der Waals surface area contributed by atoms with Gasteiger partial charge in [-0.05, 0) is 49.4 Å². The van der Waals surface area contributed by atoms with Gasteiger partial charge in [-0.1, -0.05) is 6.07 Å². The van der Waals surface area contributed by atoms with E-state index in [9.17, 15) is 4.79 Å². The number of carbonyl (C=O) groups is 1. The Hall–Kier alpha value is -3.42. The van der Waals surface area contributed by atoms with Gasteiger partial charge in [-0.3, -0.25) is 14.2 Å². The highest BCUT2D eigenvalue weighted by Gasteiger charge is 2.51. The largest absolute Gasteiger partial charge is 0.363 e. The summed E-state index contributed by atoms with van der Waals surface area (Å²) in [6.45, 7) is 0. The SMILES string of the molecule is NC(=O)c1nnc2cc(C3=C(c4ccccn4)NC4C5CCC(C5)N34)ccn12. The van der Waals surface area contributed by atoms with E-state index >= 15 is 0 Å². The maximum Gasteiger partial charge on any atom is 0.287 e. The summed E-state index contributed by atoms with van der Waals surface area (Å²) in [6.07, 6.45) is 7.68. The minimum Gasteiger partial charge on any atom is -0.363 e. The van der Waals surface area contributed by atoms with E-state index in [2.05, 4.69) is 25.4 Å². The molecule has 3 aromatic rings. The van der Waals surface area contributed by atoms with Gasteiger partial charge in [0.25, 0.3) is 5.91 Å². The van der Waals surface area contributed by atoms with Gasteiger partial charge in [0.15, 0.2) is 5.65 Å². The van der Waals surface area contributed by atoms with Crippen LogP contribution in [0.4, 0.5) is 0 Å². The summed E-state index contributed by atoms with van der Waals surface area (Å²) in [7, 11) is 0. The van der Waals surface area contributed by atoms with E-state index < -0.39 is 5.91 Å². The summed E-state index contributed by atoms with van der Waals surface area (Å²) in [5.41, 5.74) is 10.2. The van der Waals surface area contributed by atoms with Crippen LogP contribution in [0.2, 0.25) is 0 Å². The molecule has 8 heteroatoms. The fourth-order valence-corrected chi connectivity index (χ4v) is 5.05. The number of carbonyl (C=O) groups excluding carboxylic acids is 1. The second kappa shape index (κ2) is 5.54. The number of nitrogens with one attached hydrogen (secondary N) is 1. The van der Waals surface area contributed by atoms with Gasteiger partial charge < -0.3 is 16.0 Å². The number of nitrogens with zero attached hydrogens (tertiary/aromatic N) is 5. The summed E-state index contributed by atoms with van der Waals surface area (Å²) in [6, 6.07) is 10.5. The lowest BCUT2D eigenvalue weighted by Gasteiger charge is -2.33. The van der Waals surface area contributed by atoms with Gasteiger partial charge in [-0.15, -0.1) is 10.2 Å². The molecular formula is C20H19N7O. The highest BCUT2D eigenvalue weighted by molar-refractivity contribution is 5.92. The van der Waals surface area contributed by atoms with E-state index in [4.69, 9.17) is 5.73 Å². The molecule has 8 nitrogen and oxygen atoms in total. The van der Waals surface area contributed by atoms with Gasteiger partial charge in [-0.25, -0.2) is 0 Å². The Kier molecular flexibility index (Phi) is 3.09. The number of hydrogen-bond donors (Lipinski definition) is 2. The van der Waals surface area contributed by atoms with E-state index in [1.807, 2.05) is 42.7 Å². The molecule has 28 heavy (non-hydrogen) atoms. The number of pyridine rings is 2. The number of rotatable bonds is 3. The van der Waals surface area contributed by atoms with Crippen LogP contribution in [-0.2, 0) is 0 Å². The van der Waals surface area contributed by atoms with Gasteiger partial charge >= 0.3 is 0 Å². The zero-order valence-corrected chi connectivity index (χ0v) is 15.1. The quantitative estimate of drug-likeness (QED) is 0.721. The number of piperidine rings is 1. The van der Waals surface area contributed by atoms with Gasteiger partial charge in [0.2, 0.25) is 5.82 Å². The molecule has 2 bridgehead atoms. The van der Waals surface area contributed by atoms with Gasteiger partial charge in [0.1, 0.15) is 6.17 Å². The predicted octanol–water partition coefficient (Wildman–Crippen LogP) is 1.46. The first-order valence-corrected chi connectivity index (χ1v) is 9.56. The Morgan fingerprint density at radius 3 is 2.96 bits per heavy atom. The molecule has 1 saturated heterocycles. The first-order valence-electron chi connectivity index (χ1n) is 9.56. The van der Waals surface area contributed by atoms with Crippen molar-refractivity contribution in [1.29, 1.82) is 0 Å². The first-order chi connectivity index (χ1) is 13.7. The monoisotopic (exact) mass is 373 g/mol. The number of primary amides is 1. The summed E-state index contributed by atoms with van der Waals surface area (Å²) in [4.78, 5) is 18.7. The topological polar surface area (TPSA) is 101 Å². The van der Waals surface area contributed by atoms with Crippen molar-refractivity contribution in [3.63, 3.8) is 0 Å². The molecule has 3 unspecified atom stereocenters.